The maximum atomic E-state index is 9.30. The molecule has 5 heteroatoms. The molecule has 0 spiro atoms. The van der Waals surface area contributed by atoms with Crippen LogP contribution >= 0.6 is 22.9 Å². The van der Waals surface area contributed by atoms with E-state index in [1.807, 2.05) is 35.9 Å². The molecule has 3 rings (SSSR count). The number of hydrogen-bond acceptors (Lipinski definition) is 3. The quantitative estimate of drug-likeness (QED) is 0.750. The second-order valence-corrected chi connectivity index (χ2v) is 5.87. The molecule has 0 aliphatic rings. The monoisotopic (exact) mass is 316 g/mol. The van der Waals surface area contributed by atoms with Crippen molar-refractivity contribution in [2.45, 2.75) is 0 Å². The van der Waals surface area contributed by atoms with Crippen molar-refractivity contribution in [2.75, 3.05) is 0 Å². The minimum absolute atomic E-state index is 0.242. The van der Waals surface area contributed by atoms with Crippen molar-refractivity contribution in [2.24, 2.45) is 12.0 Å². The largest absolute Gasteiger partial charge is 0.508 e. The van der Waals surface area contributed by atoms with Crippen molar-refractivity contribution in [3.05, 3.63) is 63.7 Å². The molecular formula is C16H13ClN2OS. The van der Waals surface area contributed by atoms with Gasteiger partial charge in [-0.15, -0.1) is 11.3 Å². The summed E-state index contributed by atoms with van der Waals surface area (Å²) in [5.74, 6) is 0.242. The third-order valence-corrected chi connectivity index (χ3v) is 4.31. The van der Waals surface area contributed by atoms with Crippen LogP contribution in [0.15, 0.2) is 58.9 Å². The van der Waals surface area contributed by atoms with Crippen molar-refractivity contribution in [3.63, 3.8) is 0 Å². The predicted octanol–water partition coefficient (Wildman–Crippen LogP) is 4.35. The highest BCUT2D eigenvalue weighted by Gasteiger charge is 2.04. The molecule has 0 aliphatic heterocycles. The maximum absolute atomic E-state index is 9.30. The van der Waals surface area contributed by atoms with E-state index in [0.29, 0.717) is 0 Å². The van der Waals surface area contributed by atoms with Gasteiger partial charge in [-0.05, 0) is 42.0 Å². The lowest BCUT2D eigenvalue weighted by molar-refractivity contribution is 0.475. The molecule has 3 aromatic rings. The van der Waals surface area contributed by atoms with Crippen LogP contribution in [0.2, 0.25) is 5.02 Å². The van der Waals surface area contributed by atoms with Crippen LogP contribution in [0, 0.1) is 0 Å². The molecule has 0 atom stereocenters. The molecule has 2 aromatic carbocycles. The van der Waals surface area contributed by atoms with E-state index in [1.54, 1.807) is 35.6 Å². The third-order valence-electron chi connectivity index (χ3n) is 3.14. The van der Waals surface area contributed by atoms with Crippen LogP contribution in [-0.4, -0.2) is 9.67 Å². The minimum atomic E-state index is 0.242. The fourth-order valence-electron chi connectivity index (χ4n) is 1.99. The van der Waals surface area contributed by atoms with Gasteiger partial charge in [0, 0.05) is 17.5 Å². The number of hydrogen-bond donors (Lipinski definition) is 1. The molecule has 1 heterocycles. The SMILES string of the molecule is Cn1c(-c2ccc(Cl)cc2)csc1=Nc1ccc(O)cc1. The minimum Gasteiger partial charge on any atom is -0.508 e. The Hall–Kier alpha value is -2.04. The number of rotatable bonds is 2. The van der Waals surface area contributed by atoms with E-state index in [-0.39, 0.29) is 5.75 Å². The zero-order valence-electron chi connectivity index (χ0n) is 11.3. The van der Waals surface area contributed by atoms with Gasteiger partial charge in [0.15, 0.2) is 4.80 Å². The van der Waals surface area contributed by atoms with Crippen LogP contribution in [0.25, 0.3) is 11.3 Å². The van der Waals surface area contributed by atoms with Gasteiger partial charge in [0.05, 0.1) is 11.4 Å². The van der Waals surface area contributed by atoms with Gasteiger partial charge < -0.3 is 9.67 Å². The van der Waals surface area contributed by atoms with E-state index in [9.17, 15) is 5.11 Å². The van der Waals surface area contributed by atoms with Crippen molar-refractivity contribution in [1.29, 1.82) is 0 Å². The molecule has 0 saturated heterocycles. The van der Waals surface area contributed by atoms with Crippen LogP contribution in [0.3, 0.4) is 0 Å². The van der Waals surface area contributed by atoms with E-state index in [0.717, 1.165) is 26.8 Å². The molecule has 0 fully saturated rings. The fraction of sp³-hybridized carbons (Fsp3) is 0.0625. The summed E-state index contributed by atoms with van der Waals surface area (Å²) < 4.78 is 2.04. The number of benzene rings is 2. The molecule has 3 nitrogen and oxygen atoms in total. The maximum Gasteiger partial charge on any atom is 0.190 e. The Morgan fingerprint density at radius 2 is 1.71 bits per heavy atom. The van der Waals surface area contributed by atoms with Crippen molar-refractivity contribution < 1.29 is 5.11 Å². The Morgan fingerprint density at radius 3 is 2.38 bits per heavy atom. The van der Waals surface area contributed by atoms with Gasteiger partial charge in [-0.25, -0.2) is 4.99 Å². The van der Waals surface area contributed by atoms with Crippen molar-refractivity contribution in [3.8, 4) is 17.0 Å². The molecule has 0 saturated carbocycles. The Morgan fingerprint density at radius 1 is 1.05 bits per heavy atom. The second kappa shape index (κ2) is 5.76. The average molecular weight is 317 g/mol. The number of phenolic OH excluding ortho intramolecular Hbond substituents is 1. The standard InChI is InChI=1S/C16H13ClN2OS/c1-19-15(11-2-4-12(17)5-3-11)10-21-16(19)18-13-6-8-14(20)9-7-13/h2-10,20H,1H3. The van der Waals surface area contributed by atoms with Gasteiger partial charge in [0.25, 0.3) is 0 Å². The first-order valence-electron chi connectivity index (χ1n) is 6.38. The summed E-state index contributed by atoms with van der Waals surface area (Å²) in [5.41, 5.74) is 3.01. The summed E-state index contributed by atoms with van der Waals surface area (Å²) in [6.07, 6.45) is 0. The molecule has 0 unspecified atom stereocenters. The fourth-order valence-corrected chi connectivity index (χ4v) is 3.04. The van der Waals surface area contributed by atoms with Gasteiger partial charge >= 0.3 is 0 Å². The molecule has 1 aromatic heterocycles. The van der Waals surface area contributed by atoms with Gasteiger partial charge in [-0.1, -0.05) is 23.7 Å². The van der Waals surface area contributed by atoms with E-state index >= 15 is 0 Å². The van der Waals surface area contributed by atoms with Gasteiger partial charge in [-0.3, -0.25) is 0 Å². The molecule has 0 aliphatic carbocycles. The summed E-state index contributed by atoms with van der Waals surface area (Å²) >= 11 is 7.50. The number of phenols is 1. The van der Waals surface area contributed by atoms with Gasteiger partial charge in [0.2, 0.25) is 0 Å². The van der Waals surface area contributed by atoms with Crippen LogP contribution < -0.4 is 4.80 Å². The lowest BCUT2D eigenvalue weighted by Gasteiger charge is -2.03. The number of halogens is 1. The number of nitrogens with zero attached hydrogens (tertiary/aromatic N) is 2. The van der Waals surface area contributed by atoms with Crippen LogP contribution in [-0.2, 0) is 7.05 Å². The number of aromatic hydroxyl groups is 1. The summed E-state index contributed by atoms with van der Waals surface area (Å²) in [5, 5.41) is 12.1. The molecule has 1 N–H and O–H groups in total. The highest BCUT2D eigenvalue weighted by Crippen LogP contribution is 2.22. The third kappa shape index (κ3) is 3.01. The van der Waals surface area contributed by atoms with Crippen LogP contribution in [0.5, 0.6) is 5.75 Å². The topological polar surface area (TPSA) is 37.5 Å². The zero-order valence-corrected chi connectivity index (χ0v) is 12.9. The summed E-state index contributed by atoms with van der Waals surface area (Å²) in [6, 6.07) is 14.6. The van der Waals surface area contributed by atoms with Gasteiger partial charge in [0.1, 0.15) is 5.75 Å². The highest BCUT2D eigenvalue weighted by molar-refractivity contribution is 7.07. The first-order valence-corrected chi connectivity index (χ1v) is 7.63. The number of aromatic nitrogens is 1. The Balaban J connectivity index is 2.02. The lowest BCUT2D eigenvalue weighted by Crippen LogP contribution is -2.10. The summed E-state index contributed by atoms with van der Waals surface area (Å²) in [6.45, 7) is 0. The molecule has 106 valence electrons. The van der Waals surface area contributed by atoms with Crippen molar-refractivity contribution >= 4 is 28.6 Å². The predicted molar refractivity (Wildman–Crippen MR) is 87.1 cm³/mol. The highest BCUT2D eigenvalue weighted by atomic mass is 35.5. The van der Waals surface area contributed by atoms with Crippen LogP contribution in [0.4, 0.5) is 5.69 Å². The number of thiazole rings is 1. The Labute approximate surface area is 131 Å². The van der Waals surface area contributed by atoms with Gasteiger partial charge in [-0.2, -0.15) is 0 Å². The van der Waals surface area contributed by atoms with E-state index < -0.39 is 0 Å². The van der Waals surface area contributed by atoms with E-state index in [1.165, 1.54) is 0 Å². The molecule has 0 bridgehead atoms. The van der Waals surface area contributed by atoms with E-state index in [2.05, 4.69) is 10.4 Å². The molecule has 0 amide bonds. The van der Waals surface area contributed by atoms with E-state index in [4.69, 9.17) is 11.6 Å². The Bertz CT molecular complexity index is 817. The molecular weight excluding hydrogens is 304 g/mol. The summed E-state index contributed by atoms with van der Waals surface area (Å²) in [7, 11) is 1.99. The normalized spacial score (nSPS) is 11.8. The average Bonchev–Trinajstić information content (AvgIpc) is 2.84. The van der Waals surface area contributed by atoms with Crippen molar-refractivity contribution in [1.82, 2.24) is 4.57 Å². The smallest absolute Gasteiger partial charge is 0.190 e. The lowest BCUT2D eigenvalue weighted by atomic mass is 10.2. The van der Waals surface area contributed by atoms with Crippen LogP contribution in [0.1, 0.15) is 0 Å². The summed E-state index contributed by atoms with van der Waals surface area (Å²) in [4.78, 5) is 5.48. The molecule has 0 radical (unpaired) electrons. The second-order valence-electron chi connectivity index (χ2n) is 4.60. The first-order chi connectivity index (χ1) is 10.1. The Kier molecular flexibility index (Phi) is 3.82. The zero-order chi connectivity index (χ0) is 14.8. The first kappa shape index (κ1) is 13.9. The molecule has 21 heavy (non-hydrogen) atoms.